The molecule has 0 bridgehead atoms. The molecule has 0 spiro atoms. The third-order valence-electron chi connectivity index (χ3n) is 3.98. The van der Waals surface area contributed by atoms with Crippen LogP contribution in [0.25, 0.3) is 0 Å². The van der Waals surface area contributed by atoms with Crippen LogP contribution in [0.4, 0.5) is 16.2 Å². The van der Waals surface area contributed by atoms with Crippen LogP contribution in [-0.2, 0) is 9.53 Å². The molecule has 8 nitrogen and oxygen atoms in total. The van der Waals surface area contributed by atoms with E-state index in [-0.39, 0.29) is 24.1 Å². The summed E-state index contributed by atoms with van der Waals surface area (Å²) in [5, 5.41) is 5.50. The molecule has 0 aliphatic carbocycles. The zero-order chi connectivity index (χ0) is 20.8. The van der Waals surface area contributed by atoms with E-state index >= 15 is 0 Å². The Hall–Kier alpha value is -2.27. The third kappa shape index (κ3) is 5.86. The number of benzene rings is 1. The van der Waals surface area contributed by atoms with E-state index in [1.54, 1.807) is 36.4 Å². The van der Waals surface area contributed by atoms with Crippen molar-refractivity contribution in [2.45, 2.75) is 6.10 Å². The van der Waals surface area contributed by atoms with Crippen LogP contribution >= 0.6 is 34.7 Å². The van der Waals surface area contributed by atoms with Gasteiger partial charge in [0.15, 0.2) is 0 Å². The smallest absolute Gasteiger partial charge is 0.414 e. The van der Waals surface area contributed by atoms with E-state index in [0.29, 0.717) is 33.0 Å². The summed E-state index contributed by atoms with van der Waals surface area (Å²) in [7, 11) is 0. The second-order valence-corrected chi connectivity index (χ2v) is 8.79. The van der Waals surface area contributed by atoms with Crippen LogP contribution in [0.5, 0.6) is 0 Å². The van der Waals surface area contributed by atoms with Crippen LogP contribution in [0.1, 0.15) is 9.67 Å². The normalized spacial score (nSPS) is 15.9. The quantitative estimate of drug-likeness (QED) is 0.528. The van der Waals surface area contributed by atoms with E-state index in [9.17, 15) is 14.4 Å². The van der Waals surface area contributed by atoms with E-state index in [1.807, 2.05) is 0 Å². The molecule has 2 heterocycles. The third-order valence-corrected chi connectivity index (χ3v) is 5.91. The van der Waals surface area contributed by atoms with Gasteiger partial charge in [0.1, 0.15) is 6.10 Å². The van der Waals surface area contributed by atoms with E-state index in [1.165, 1.54) is 28.0 Å². The number of hydrogen-bond donors (Lipinski definition) is 3. The minimum Gasteiger partial charge on any atom is -0.442 e. The molecule has 1 atom stereocenters. The second-order valence-electron chi connectivity index (χ2n) is 6.04. The van der Waals surface area contributed by atoms with Gasteiger partial charge in [0.05, 0.1) is 28.1 Å². The number of halogens is 1. The Labute approximate surface area is 180 Å². The predicted octanol–water partition coefficient (Wildman–Crippen LogP) is 2.74. The largest absolute Gasteiger partial charge is 0.442 e. The molecule has 4 N–H and O–H groups in total. The molecule has 154 valence electrons. The molecule has 1 aliphatic heterocycles. The van der Waals surface area contributed by atoms with Crippen molar-refractivity contribution in [2.24, 2.45) is 5.73 Å². The molecule has 3 rings (SSSR count). The number of nitrogens with zero attached hydrogens (tertiary/aromatic N) is 1. The number of rotatable bonds is 8. The molecule has 1 fully saturated rings. The summed E-state index contributed by atoms with van der Waals surface area (Å²) in [5.74, 6) is 0.259. The lowest BCUT2D eigenvalue weighted by molar-refractivity contribution is -0.113. The number of ether oxygens (including phenoxy) is 1. The molecule has 1 aromatic heterocycles. The van der Waals surface area contributed by atoms with E-state index in [4.69, 9.17) is 22.1 Å². The Kier molecular flexibility index (Phi) is 7.37. The Morgan fingerprint density at radius 2 is 2.03 bits per heavy atom. The number of carbonyl (C=O) groups excluding carboxylic acids is 3. The van der Waals surface area contributed by atoms with Gasteiger partial charge in [0.25, 0.3) is 5.91 Å². The van der Waals surface area contributed by atoms with E-state index in [2.05, 4.69) is 10.6 Å². The van der Waals surface area contributed by atoms with E-state index < -0.39 is 12.2 Å². The second kappa shape index (κ2) is 9.97. The highest BCUT2D eigenvalue weighted by molar-refractivity contribution is 7.99. The van der Waals surface area contributed by atoms with Crippen LogP contribution < -0.4 is 21.3 Å². The first-order chi connectivity index (χ1) is 14.0. The molecule has 29 heavy (non-hydrogen) atoms. The number of cyclic esters (lactones) is 1. The van der Waals surface area contributed by atoms with Crippen molar-refractivity contribution in [3.05, 3.63) is 45.6 Å². The van der Waals surface area contributed by atoms with Crippen LogP contribution in [0, 0.1) is 0 Å². The molecule has 1 saturated heterocycles. The number of thiophene rings is 1. The Balaban J connectivity index is 1.52. The topological polar surface area (TPSA) is 114 Å². The minimum atomic E-state index is -0.487. The molecule has 2 aromatic rings. The van der Waals surface area contributed by atoms with Crippen molar-refractivity contribution in [1.29, 1.82) is 0 Å². The number of nitrogens with two attached hydrogens (primary N) is 1. The lowest BCUT2D eigenvalue weighted by Gasteiger charge is -2.14. The molecule has 3 amide bonds. The van der Waals surface area contributed by atoms with Crippen LogP contribution in [0.3, 0.4) is 0 Å². The highest BCUT2D eigenvalue weighted by Crippen LogP contribution is 2.24. The lowest BCUT2D eigenvalue weighted by atomic mass is 10.2. The first-order valence-electron chi connectivity index (χ1n) is 8.65. The molecule has 0 saturated carbocycles. The van der Waals surface area contributed by atoms with Gasteiger partial charge in [-0.25, -0.2) is 4.79 Å². The summed E-state index contributed by atoms with van der Waals surface area (Å²) >= 11 is 8.34. The first kappa shape index (κ1) is 21.4. The first-order valence-corrected chi connectivity index (χ1v) is 11.0. The summed E-state index contributed by atoms with van der Waals surface area (Å²) < 4.78 is 5.86. The van der Waals surface area contributed by atoms with Crippen LogP contribution in [-0.4, -0.2) is 48.7 Å². The van der Waals surface area contributed by atoms with Crippen molar-refractivity contribution in [1.82, 2.24) is 5.32 Å². The minimum absolute atomic E-state index is 0.142. The van der Waals surface area contributed by atoms with E-state index in [0.717, 1.165) is 0 Å². The molecule has 1 aliphatic rings. The summed E-state index contributed by atoms with van der Waals surface area (Å²) in [6, 6.07) is 10.2. The fourth-order valence-corrected chi connectivity index (χ4v) is 3.98. The van der Waals surface area contributed by atoms with Crippen molar-refractivity contribution >= 4 is 64.0 Å². The van der Waals surface area contributed by atoms with Crippen molar-refractivity contribution in [2.75, 3.05) is 34.9 Å². The van der Waals surface area contributed by atoms with Crippen LogP contribution in [0.2, 0.25) is 4.34 Å². The summed E-state index contributed by atoms with van der Waals surface area (Å²) in [6.45, 7) is 0.507. The fraction of sp³-hybridized carbons (Fsp3) is 0.278. The summed E-state index contributed by atoms with van der Waals surface area (Å²) in [5.41, 5.74) is 6.63. The van der Waals surface area contributed by atoms with Gasteiger partial charge in [0.2, 0.25) is 5.91 Å². The molecule has 0 radical (unpaired) electrons. The number of nitrogens with one attached hydrogen (secondary N) is 2. The zero-order valence-corrected chi connectivity index (χ0v) is 17.6. The van der Waals surface area contributed by atoms with Gasteiger partial charge in [-0.15, -0.1) is 23.1 Å². The molecular weight excluding hydrogens is 436 g/mol. The Morgan fingerprint density at radius 1 is 1.28 bits per heavy atom. The average molecular weight is 455 g/mol. The van der Waals surface area contributed by atoms with Gasteiger partial charge in [-0.1, -0.05) is 11.6 Å². The molecular formula is C18H19ClN4O4S2. The van der Waals surface area contributed by atoms with Crippen molar-refractivity contribution < 1.29 is 19.1 Å². The highest BCUT2D eigenvalue weighted by atomic mass is 35.5. The lowest BCUT2D eigenvalue weighted by Crippen LogP contribution is -2.34. The van der Waals surface area contributed by atoms with Crippen molar-refractivity contribution in [3.8, 4) is 0 Å². The maximum Gasteiger partial charge on any atom is 0.414 e. The molecule has 11 heteroatoms. The van der Waals surface area contributed by atoms with Gasteiger partial charge in [-0.3, -0.25) is 14.5 Å². The molecule has 1 unspecified atom stereocenters. The maximum absolute atomic E-state index is 12.2. The van der Waals surface area contributed by atoms with Gasteiger partial charge in [0, 0.05) is 17.3 Å². The standard InChI is InChI=1S/C18H19ClN4O4S2/c19-15-6-5-14(29-15)17(25)21-7-13-8-23(18(26)27-13)12-3-1-11(2-4-12)22-16(24)9-28-10-20/h1-6,13H,7-10,20H2,(H,21,25)(H,22,24). The maximum atomic E-state index is 12.2. The van der Waals surface area contributed by atoms with Gasteiger partial charge in [-0.2, -0.15) is 0 Å². The Morgan fingerprint density at radius 3 is 2.69 bits per heavy atom. The van der Waals surface area contributed by atoms with Gasteiger partial charge in [-0.05, 0) is 36.4 Å². The number of thioether (sulfide) groups is 1. The SMILES string of the molecule is NCSCC(=O)Nc1ccc(N2CC(CNC(=O)c3ccc(Cl)s3)OC2=O)cc1. The Bertz CT molecular complexity index is 890. The predicted molar refractivity (Wildman–Crippen MR) is 116 cm³/mol. The van der Waals surface area contributed by atoms with Gasteiger partial charge >= 0.3 is 6.09 Å². The van der Waals surface area contributed by atoms with Crippen molar-refractivity contribution in [3.63, 3.8) is 0 Å². The zero-order valence-electron chi connectivity index (χ0n) is 15.2. The van der Waals surface area contributed by atoms with Crippen LogP contribution in [0.15, 0.2) is 36.4 Å². The summed E-state index contributed by atoms with van der Waals surface area (Å²) in [4.78, 5) is 38.0. The average Bonchev–Trinajstić information content (AvgIpc) is 3.31. The number of hydrogen-bond acceptors (Lipinski definition) is 7. The number of carbonyl (C=O) groups is 3. The monoisotopic (exact) mass is 454 g/mol. The number of anilines is 2. The summed E-state index contributed by atoms with van der Waals surface area (Å²) in [6.07, 6.45) is -0.950. The highest BCUT2D eigenvalue weighted by Gasteiger charge is 2.32. The number of amides is 3. The fourth-order valence-electron chi connectivity index (χ4n) is 2.64. The molecule has 1 aromatic carbocycles. The van der Waals surface area contributed by atoms with Gasteiger partial charge < -0.3 is 21.1 Å².